The first-order chi connectivity index (χ1) is 6.68. The van der Waals surface area contributed by atoms with Gasteiger partial charge in [0.1, 0.15) is 0 Å². The zero-order valence-corrected chi connectivity index (χ0v) is 7.47. The van der Waals surface area contributed by atoms with Crippen molar-refractivity contribution in [1.29, 1.82) is 0 Å². The van der Waals surface area contributed by atoms with Crippen LogP contribution in [0.15, 0.2) is 29.8 Å². The molecule has 0 bridgehead atoms. The van der Waals surface area contributed by atoms with Crippen molar-refractivity contribution in [1.82, 2.24) is 0 Å². The first kappa shape index (κ1) is 8.77. The van der Waals surface area contributed by atoms with Gasteiger partial charge in [-0.05, 0) is 12.1 Å². The zero-order valence-electron chi connectivity index (χ0n) is 7.47. The van der Waals surface area contributed by atoms with E-state index in [1.807, 2.05) is 18.2 Å². The molecule has 0 fully saturated rings. The first-order valence-electron chi connectivity index (χ1n) is 4.24. The molecule has 2 rings (SSSR count). The lowest BCUT2D eigenvalue weighted by Crippen LogP contribution is -2.30. The summed E-state index contributed by atoms with van der Waals surface area (Å²) in [7, 11) is 0. The number of fused-ring (bicyclic) bond motifs is 1. The molecule has 0 saturated carbocycles. The molecule has 0 saturated heterocycles. The van der Waals surface area contributed by atoms with E-state index < -0.39 is 5.91 Å². The zero-order chi connectivity index (χ0) is 10.1. The Morgan fingerprint density at radius 3 is 2.86 bits per heavy atom. The standard InChI is InChI=1S/C10H10N2O2/c11-10(13)8-5-7-3-1-2-4-9(7)12(14)6-8/h1-5,14H,6H2,(H2,11,13). The van der Waals surface area contributed by atoms with Crippen LogP contribution in [-0.2, 0) is 4.79 Å². The molecule has 14 heavy (non-hydrogen) atoms. The summed E-state index contributed by atoms with van der Waals surface area (Å²) in [5.74, 6) is -0.501. The Labute approximate surface area is 81.2 Å². The molecule has 1 aromatic carbocycles. The fourth-order valence-corrected chi connectivity index (χ4v) is 1.47. The third kappa shape index (κ3) is 1.36. The van der Waals surface area contributed by atoms with Gasteiger partial charge in [0.2, 0.25) is 5.91 Å². The first-order valence-corrected chi connectivity index (χ1v) is 4.24. The minimum absolute atomic E-state index is 0.145. The van der Waals surface area contributed by atoms with Gasteiger partial charge in [-0.3, -0.25) is 15.1 Å². The van der Waals surface area contributed by atoms with Crippen molar-refractivity contribution in [2.75, 3.05) is 11.6 Å². The largest absolute Gasteiger partial charge is 0.366 e. The lowest BCUT2D eigenvalue weighted by molar-refractivity contribution is -0.114. The Hall–Kier alpha value is -1.81. The van der Waals surface area contributed by atoms with E-state index in [0.717, 1.165) is 10.6 Å². The molecule has 1 aliphatic rings. The highest BCUT2D eigenvalue weighted by Gasteiger charge is 2.18. The van der Waals surface area contributed by atoms with E-state index in [4.69, 9.17) is 5.73 Å². The number of hydrogen-bond donors (Lipinski definition) is 2. The summed E-state index contributed by atoms with van der Waals surface area (Å²) in [5, 5.41) is 10.6. The maximum Gasteiger partial charge on any atom is 0.246 e. The van der Waals surface area contributed by atoms with E-state index in [0.29, 0.717) is 11.3 Å². The highest BCUT2D eigenvalue weighted by Crippen LogP contribution is 2.26. The molecule has 72 valence electrons. The van der Waals surface area contributed by atoms with E-state index in [9.17, 15) is 10.0 Å². The van der Waals surface area contributed by atoms with Crippen LogP contribution in [0.5, 0.6) is 0 Å². The number of para-hydroxylation sites is 1. The number of anilines is 1. The van der Waals surface area contributed by atoms with Crippen LogP contribution < -0.4 is 10.8 Å². The maximum atomic E-state index is 10.9. The van der Waals surface area contributed by atoms with Crippen molar-refractivity contribution >= 4 is 17.7 Å². The monoisotopic (exact) mass is 190 g/mol. The van der Waals surface area contributed by atoms with Crippen LogP contribution in [0.1, 0.15) is 5.56 Å². The third-order valence-corrected chi connectivity index (χ3v) is 2.18. The number of primary amides is 1. The molecule has 1 aliphatic heterocycles. The number of rotatable bonds is 1. The summed E-state index contributed by atoms with van der Waals surface area (Å²) in [6.45, 7) is 0.145. The van der Waals surface area contributed by atoms with Gasteiger partial charge in [-0.25, -0.2) is 0 Å². The van der Waals surface area contributed by atoms with E-state index in [-0.39, 0.29) is 6.54 Å². The summed E-state index contributed by atoms with van der Waals surface area (Å²) in [4.78, 5) is 10.9. The van der Waals surface area contributed by atoms with Gasteiger partial charge in [0.05, 0.1) is 12.2 Å². The number of nitrogens with zero attached hydrogens (tertiary/aromatic N) is 1. The van der Waals surface area contributed by atoms with E-state index >= 15 is 0 Å². The van der Waals surface area contributed by atoms with Crippen LogP contribution in [0, 0.1) is 0 Å². The lowest BCUT2D eigenvalue weighted by atomic mass is 10.0. The Bertz CT molecular complexity index is 412. The van der Waals surface area contributed by atoms with Gasteiger partial charge >= 0.3 is 0 Å². The third-order valence-electron chi connectivity index (χ3n) is 2.18. The Kier molecular flexibility index (Phi) is 1.98. The molecular formula is C10H10N2O2. The molecule has 1 heterocycles. The van der Waals surface area contributed by atoms with E-state index in [1.165, 1.54) is 0 Å². The highest BCUT2D eigenvalue weighted by molar-refractivity contribution is 5.99. The SMILES string of the molecule is NC(=O)C1=Cc2ccccc2N(O)C1. The molecule has 0 unspecified atom stereocenters. The summed E-state index contributed by atoms with van der Waals surface area (Å²) in [6, 6.07) is 7.27. The molecular weight excluding hydrogens is 180 g/mol. The van der Waals surface area contributed by atoms with Gasteiger partial charge in [0.25, 0.3) is 0 Å². The second-order valence-electron chi connectivity index (χ2n) is 3.15. The van der Waals surface area contributed by atoms with Crippen molar-refractivity contribution in [3.63, 3.8) is 0 Å². The number of carbonyl (C=O) groups excluding carboxylic acids is 1. The van der Waals surface area contributed by atoms with Crippen LogP contribution in [0.4, 0.5) is 5.69 Å². The molecule has 0 aromatic heterocycles. The van der Waals surface area contributed by atoms with Gasteiger partial charge in [-0.2, -0.15) is 0 Å². The molecule has 1 amide bonds. The normalized spacial score (nSPS) is 14.6. The predicted octanol–water partition coefficient (Wildman–Crippen LogP) is 0.765. The number of amides is 1. The van der Waals surface area contributed by atoms with Gasteiger partial charge < -0.3 is 5.73 Å². The maximum absolute atomic E-state index is 10.9. The number of hydrogen-bond acceptors (Lipinski definition) is 3. The lowest BCUT2D eigenvalue weighted by Gasteiger charge is -2.24. The quantitative estimate of drug-likeness (QED) is 0.687. The second kappa shape index (κ2) is 3.16. The number of carbonyl (C=O) groups is 1. The topological polar surface area (TPSA) is 66.6 Å². The average molecular weight is 190 g/mol. The average Bonchev–Trinajstić information content (AvgIpc) is 2.17. The van der Waals surface area contributed by atoms with Crippen molar-refractivity contribution in [3.05, 3.63) is 35.4 Å². The fourth-order valence-electron chi connectivity index (χ4n) is 1.47. The fraction of sp³-hybridized carbons (Fsp3) is 0.100. The summed E-state index contributed by atoms with van der Waals surface area (Å²) >= 11 is 0. The molecule has 0 atom stereocenters. The van der Waals surface area contributed by atoms with Crippen molar-refractivity contribution in [3.8, 4) is 0 Å². The summed E-state index contributed by atoms with van der Waals surface area (Å²) < 4.78 is 0. The number of hydroxylamine groups is 1. The predicted molar refractivity (Wildman–Crippen MR) is 52.7 cm³/mol. The molecule has 0 aliphatic carbocycles. The van der Waals surface area contributed by atoms with Crippen LogP contribution in [-0.4, -0.2) is 17.7 Å². The Balaban J connectivity index is 2.50. The van der Waals surface area contributed by atoms with E-state index in [1.54, 1.807) is 12.1 Å². The van der Waals surface area contributed by atoms with Crippen LogP contribution in [0.25, 0.3) is 6.08 Å². The van der Waals surface area contributed by atoms with Crippen molar-refractivity contribution in [2.45, 2.75) is 0 Å². The number of benzene rings is 1. The smallest absolute Gasteiger partial charge is 0.246 e. The minimum atomic E-state index is -0.501. The molecule has 4 heteroatoms. The van der Waals surface area contributed by atoms with Gasteiger partial charge in [0.15, 0.2) is 0 Å². The van der Waals surface area contributed by atoms with Gasteiger partial charge in [-0.15, -0.1) is 0 Å². The second-order valence-corrected chi connectivity index (χ2v) is 3.15. The highest BCUT2D eigenvalue weighted by atomic mass is 16.5. The number of nitrogens with two attached hydrogens (primary N) is 1. The van der Waals surface area contributed by atoms with Crippen LogP contribution in [0.3, 0.4) is 0 Å². The minimum Gasteiger partial charge on any atom is -0.366 e. The van der Waals surface area contributed by atoms with Crippen molar-refractivity contribution < 1.29 is 10.0 Å². The summed E-state index contributed by atoms with van der Waals surface area (Å²) in [6.07, 6.45) is 1.70. The Morgan fingerprint density at radius 2 is 2.14 bits per heavy atom. The molecule has 3 N–H and O–H groups in total. The molecule has 0 radical (unpaired) electrons. The molecule has 0 spiro atoms. The summed E-state index contributed by atoms with van der Waals surface area (Å²) in [5.41, 5.74) is 7.04. The van der Waals surface area contributed by atoms with Crippen LogP contribution >= 0.6 is 0 Å². The van der Waals surface area contributed by atoms with Crippen molar-refractivity contribution in [2.24, 2.45) is 5.73 Å². The van der Waals surface area contributed by atoms with E-state index in [2.05, 4.69) is 0 Å². The molecule has 1 aromatic rings. The van der Waals surface area contributed by atoms with Gasteiger partial charge in [-0.1, -0.05) is 18.2 Å². The van der Waals surface area contributed by atoms with Gasteiger partial charge in [0, 0.05) is 11.1 Å². The van der Waals surface area contributed by atoms with Crippen LogP contribution in [0.2, 0.25) is 0 Å². The Morgan fingerprint density at radius 1 is 1.43 bits per heavy atom. The molecule has 4 nitrogen and oxygen atoms in total.